The highest BCUT2D eigenvalue weighted by atomic mass is 79.9. The van der Waals surface area contributed by atoms with Crippen LogP contribution >= 0.6 is 27.7 Å². The van der Waals surface area contributed by atoms with Crippen molar-refractivity contribution in [2.45, 2.75) is 12.2 Å². The molecule has 1 heterocycles. The lowest BCUT2D eigenvalue weighted by molar-refractivity contribution is 0.506. The first-order valence-corrected chi connectivity index (χ1v) is 5.79. The van der Waals surface area contributed by atoms with Gasteiger partial charge in [0.15, 0.2) is 4.67 Å². The summed E-state index contributed by atoms with van der Waals surface area (Å²) in [6, 6.07) is 3.90. The first kappa shape index (κ1) is 10.2. The molecule has 0 aliphatic rings. The van der Waals surface area contributed by atoms with E-state index in [0.717, 1.165) is 34.9 Å². The highest BCUT2D eigenvalue weighted by Crippen LogP contribution is 2.19. The Balaban J connectivity index is 2.15. The van der Waals surface area contributed by atoms with Crippen molar-refractivity contribution in [1.29, 1.82) is 0 Å². The van der Waals surface area contributed by atoms with Gasteiger partial charge in [-0.3, -0.25) is 0 Å². The fraction of sp³-hybridized carbons (Fsp3) is 0.500. The third kappa shape index (κ3) is 3.65. The molecule has 0 unspecified atom stereocenters. The largest absolute Gasteiger partial charge is 0.453 e. The second kappa shape index (κ2) is 5.67. The number of furan rings is 1. The molecule has 0 amide bonds. The Morgan fingerprint density at radius 2 is 2.33 bits per heavy atom. The van der Waals surface area contributed by atoms with Gasteiger partial charge in [0.25, 0.3) is 0 Å². The molecule has 68 valence electrons. The summed E-state index contributed by atoms with van der Waals surface area (Å²) in [5.74, 6) is 3.06. The van der Waals surface area contributed by atoms with Crippen LogP contribution in [0.15, 0.2) is 21.2 Å². The van der Waals surface area contributed by atoms with Gasteiger partial charge in [0.2, 0.25) is 0 Å². The van der Waals surface area contributed by atoms with Gasteiger partial charge in [0, 0.05) is 0 Å². The van der Waals surface area contributed by atoms with Crippen LogP contribution in [0.25, 0.3) is 0 Å². The average Bonchev–Trinajstić information content (AvgIpc) is 2.45. The quantitative estimate of drug-likeness (QED) is 0.816. The van der Waals surface area contributed by atoms with E-state index in [1.807, 2.05) is 23.9 Å². The monoisotopic (exact) mass is 249 g/mol. The van der Waals surface area contributed by atoms with E-state index in [0.29, 0.717) is 0 Å². The van der Waals surface area contributed by atoms with Gasteiger partial charge in [0.05, 0.1) is 5.75 Å². The molecule has 0 saturated heterocycles. The van der Waals surface area contributed by atoms with Crippen molar-refractivity contribution in [1.82, 2.24) is 0 Å². The van der Waals surface area contributed by atoms with Crippen molar-refractivity contribution in [3.8, 4) is 0 Å². The van der Waals surface area contributed by atoms with Crippen LogP contribution in [0, 0.1) is 0 Å². The first-order valence-electron chi connectivity index (χ1n) is 3.85. The summed E-state index contributed by atoms with van der Waals surface area (Å²) < 4.78 is 6.13. The van der Waals surface area contributed by atoms with Gasteiger partial charge < -0.3 is 10.2 Å². The molecular weight excluding hydrogens is 238 g/mol. The zero-order valence-corrected chi connectivity index (χ0v) is 9.16. The predicted octanol–water partition coefficient (Wildman–Crippen LogP) is 2.62. The van der Waals surface area contributed by atoms with Gasteiger partial charge in [-0.1, -0.05) is 0 Å². The molecular formula is C8H12BrNOS. The molecule has 2 N–H and O–H groups in total. The van der Waals surface area contributed by atoms with E-state index in [4.69, 9.17) is 10.2 Å². The Morgan fingerprint density at radius 3 is 2.92 bits per heavy atom. The highest BCUT2D eigenvalue weighted by molar-refractivity contribution is 9.10. The topological polar surface area (TPSA) is 39.2 Å². The number of halogens is 1. The van der Waals surface area contributed by atoms with E-state index in [9.17, 15) is 0 Å². The molecule has 0 atom stereocenters. The number of hydrogen-bond donors (Lipinski definition) is 1. The summed E-state index contributed by atoms with van der Waals surface area (Å²) >= 11 is 5.11. The van der Waals surface area contributed by atoms with Crippen molar-refractivity contribution in [3.63, 3.8) is 0 Å². The maximum absolute atomic E-state index is 5.37. The molecule has 0 saturated carbocycles. The lowest BCUT2D eigenvalue weighted by Gasteiger charge is -1.96. The van der Waals surface area contributed by atoms with Gasteiger partial charge in [0.1, 0.15) is 5.76 Å². The smallest absolute Gasteiger partial charge is 0.169 e. The Kier molecular flexibility index (Phi) is 4.80. The van der Waals surface area contributed by atoms with Crippen LogP contribution < -0.4 is 5.73 Å². The summed E-state index contributed by atoms with van der Waals surface area (Å²) in [5, 5.41) is 0. The highest BCUT2D eigenvalue weighted by Gasteiger charge is 1.98. The molecule has 2 nitrogen and oxygen atoms in total. The Labute approximate surface area is 85.0 Å². The molecule has 1 aromatic rings. The van der Waals surface area contributed by atoms with Crippen molar-refractivity contribution < 1.29 is 4.42 Å². The van der Waals surface area contributed by atoms with E-state index in [1.54, 1.807) is 0 Å². The van der Waals surface area contributed by atoms with Crippen LogP contribution in [0.1, 0.15) is 12.2 Å². The van der Waals surface area contributed by atoms with Gasteiger partial charge in [-0.05, 0) is 46.8 Å². The minimum Gasteiger partial charge on any atom is -0.453 e. The maximum Gasteiger partial charge on any atom is 0.169 e. The molecule has 0 aromatic carbocycles. The number of thioether (sulfide) groups is 1. The third-order valence-electron chi connectivity index (χ3n) is 1.37. The molecule has 0 spiro atoms. The minimum absolute atomic E-state index is 0.773. The van der Waals surface area contributed by atoms with E-state index < -0.39 is 0 Å². The predicted molar refractivity (Wildman–Crippen MR) is 56.2 cm³/mol. The minimum atomic E-state index is 0.773. The fourth-order valence-corrected chi connectivity index (χ4v) is 2.00. The lowest BCUT2D eigenvalue weighted by Crippen LogP contribution is -1.99. The number of nitrogens with two attached hydrogens (primary N) is 1. The summed E-state index contributed by atoms with van der Waals surface area (Å²) in [7, 11) is 0. The van der Waals surface area contributed by atoms with Crippen LogP contribution in [0.2, 0.25) is 0 Å². The average molecular weight is 250 g/mol. The summed E-state index contributed by atoms with van der Waals surface area (Å²) in [5.41, 5.74) is 5.37. The molecule has 0 aliphatic heterocycles. The first-order chi connectivity index (χ1) is 5.83. The van der Waals surface area contributed by atoms with E-state index in [1.165, 1.54) is 0 Å². The van der Waals surface area contributed by atoms with Crippen molar-refractivity contribution in [2.24, 2.45) is 5.73 Å². The molecule has 0 radical (unpaired) electrons. The van der Waals surface area contributed by atoms with Crippen LogP contribution in [-0.4, -0.2) is 12.3 Å². The molecule has 0 bridgehead atoms. The summed E-state index contributed by atoms with van der Waals surface area (Å²) in [4.78, 5) is 0. The third-order valence-corrected chi connectivity index (χ3v) is 2.86. The normalized spacial score (nSPS) is 10.5. The second-order valence-corrected chi connectivity index (χ2v) is 4.29. The van der Waals surface area contributed by atoms with Crippen molar-refractivity contribution >= 4 is 27.7 Å². The van der Waals surface area contributed by atoms with E-state index >= 15 is 0 Å². The second-order valence-electron chi connectivity index (χ2n) is 2.40. The van der Waals surface area contributed by atoms with Crippen molar-refractivity contribution in [2.75, 3.05) is 12.3 Å². The summed E-state index contributed by atoms with van der Waals surface area (Å²) in [6.45, 7) is 0.773. The van der Waals surface area contributed by atoms with Crippen LogP contribution in [0.4, 0.5) is 0 Å². The van der Waals surface area contributed by atoms with E-state index in [2.05, 4.69) is 15.9 Å². The van der Waals surface area contributed by atoms with Gasteiger partial charge in [-0.25, -0.2) is 0 Å². The standard InChI is InChI=1S/C8H12BrNOS/c9-8-3-2-7(11-8)6-12-5-1-4-10/h2-3H,1,4-6,10H2. The molecule has 12 heavy (non-hydrogen) atoms. The zero-order chi connectivity index (χ0) is 8.81. The molecule has 0 aliphatic carbocycles. The lowest BCUT2D eigenvalue weighted by atomic mass is 10.5. The van der Waals surface area contributed by atoms with Crippen LogP contribution in [-0.2, 0) is 5.75 Å². The number of hydrogen-bond acceptors (Lipinski definition) is 3. The summed E-state index contributed by atoms with van der Waals surface area (Å²) in [6.07, 6.45) is 1.08. The maximum atomic E-state index is 5.37. The van der Waals surface area contributed by atoms with Crippen LogP contribution in [0.5, 0.6) is 0 Å². The Hall–Kier alpha value is 0.0700. The molecule has 0 fully saturated rings. The SMILES string of the molecule is NCCCSCc1ccc(Br)o1. The fourth-order valence-electron chi connectivity index (χ4n) is 0.787. The number of rotatable bonds is 5. The molecule has 1 aromatic heterocycles. The van der Waals surface area contributed by atoms with E-state index in [-0.39, 0.29) is 0 Å². The van der Waals surface area contributed by atoms with Crippen LogP contribution in [0.3, 0.4) is 0 Å². The van der Waals surface area contributed by atoms with Gasteiger partial charge >= 0.3 is 0 Å². The Morgan fingerprint density at radius 1 is 1.50 bits per heavy atom. The molecule has 1 rings (SSSR count). The van der Waals surface area contributed by atoms with Gasteiger partial charge in [-0.2, -0.15) is 11.8 Å². The van der Waals surface area contributed by atoms with Gasteiger partial charge in [-0.15, -0.1) is 0 Å². The zero-order valence-electron chi connectivity index (χ0n) is 6.75. The van der Waals surface area contributed by atoms with Crippen molar-refractivity contribution in [3.05, 3.63) is 22.6 Å². The molecule has 4 heteroatoms. The Bertz CT molecular complexity index is 227.